The van der Waals surface area contributed by atoms with E-state index in [9.17, 15) is 14.9 Å². The molecule has 0 radical (unpaired) electrons. The van der Waals surface area contributed by atoms with Gasteiger partial charge in [-0.2, -0.15) is 5.26 Å². The van der Waals surface area contributed by atoms with E-state index in [-0.39, 0.29) is 29.6 Å². The predicted octanol–water partition coefficient (Wildman–Crippen LogP) is 7.39. The Morgan fingerprint density at radius 1 is 1.06 bits per heavy atom. The summed E-state index contributed by atoms with van der Waals surface area (Å²) in [5, 5.41) is 19.4. The summed E-state index contributed by atoms with van der Waals surface area (Å²) in [6.07, 6.45) is -2.22. The molecular formula is C34H32F3N5O5. The number of halogens is 3. The quantitative estimate of drug-likeness (QED) is 0.220. The second-order valence-corrected chi connectivity index (χ2v) is 12.6. The van der Waals surface area contributed by atoms with Gasteiger partial charge in [-0.3, -0.25) is 4.79 Å². The van der Waals surface area contributed by atoms with Crippen molar-refractivity contribution in [2.24, 2.45) is 0 Å². The van der Waals surface area contributed by atoms with Crippen molar-refractivity contribution < 1.29 is 36.7 Å². The first-order valence-corrected chi connectivity index (χ1v) is 14.7. The Balaban J connectivity index is 1.56. The molecule has 0 saturated heterocycles. The first-order valence-electron chi connectivity index (χ1n) is 14.7. The number of nitriles is 1. The molecule has 1 aliphatic heterocycles. The van der Waals surface area contributed by atoms with Gasteiger partial charge in [0.1, 0.15) is 34.4 Å². The molecule has 244 valence electrons. The van der Waals surface area contributed by atoms with Gasteiger partial charge >= 0.3 is 6.09 Å². The van der Waals surface area contributed by atoms with Crippen LogP contribution in [0.25, 0.3) is 11.5 Å². The van der Waals surface area contributed by atoms with Crippen molar-refractivity contribution in [3.8, 4) is 29.0 Å². The van der Waals surface area contributed by atoms with Crippen molar-refractivity contribution in [3.63, 3.8) is 0 Å². The number of aromatic nitrogens is 2. The fourth-order valence-corrected chi connectivity index (χ4v) is 4.83. The van der Waals surface area contributed by atoms with Crippen molar-refractivity contribution in [2.45, 2.75) is 70.6 Å². The molecule has 0 bridgehead atoms. The van der Waals surface area contributed by atoms with Gasteiger partial charge in [0, 0.05) is 12.0 Å². The van der Waals surface area contributed by atoms with Crippen molar-refractivity contribution in [3.05, 3.63) is 89.6 Å². The number of ether oxygens (including phenoxy) is 2. The van der Waals surface area contributed by atoms with E-state index >= 15 is 13.2 Å². The lowest BCUT2D eigenvalue weighted by Crippen LogP contribution is -2.49. The highest BCUT2D eigenvalue weighted by atomic mass is 19.3. The van der Waals surface area contributed by atoms with Crippen LogP contribution < -0.4 is 15.0 Å². The summed E-state index contributed by atoms with van der Waals surface area (Å²) in [6, 6.07) is 17.6. The lowest BCUT2D eigenvalue weighted by Gasteiger charge is -2.27. The normalized spacial score (nSPS) is 16.1. The van der Waals surface area contributed by atoms with E-state index in [1.54, 1.807) is 57.2 Å². The maximum absolute atomic E-state index is 15.9. The van der Waals surface area contributed by atoms with E-state index < -0.39 is 52.8 Å². The first-order chi connectivity index (χ1) is 22.1. The van der Waals surface area contributed by atoms with E-state index in [2.05, 4.69) is 15.5 Å². The molecule has 1 aliphatic rings. The van der Waals surface area contributed by atoms with E-state index in [4.69, 9.17) is 13.9 Å². The summed E-state index contributed by atoms with van der Waals surface area (Å²) < 4.78 is 64.0. The van der Waals surface area contributed by atoms with Gasteiger partial charge in [0.25, 0.3) is 11.8 Å². The highest BCUT2D eigenvalue weighted by Gasteiger charge is 2.47. The Kier molecular flexibility index (Phi) is 8.73. The molecule has 1 unspecified atom stereocenters. The first kappa shape index (κ1) is 33.0. The number of carbonyl (C=O) groups is 2. The third-order valence-corrected chi connectivity index (χ3v) is 7.20. The topological polar surface area (TPSA) is 131 Å². The SMILES string of the molecule is CC(C)(C)OC(=O)NC1CC(F)(F)c2cc(F)c(-c3nnc(C(C)(C)C#N)o3)cc2N(Cc2ccc(Oc3ccccc3)cc2)C1=O. The van der Waals surface area contributed by atoms with Crippen LogP contribution in [0.4, 0.5) is 23.7 Å². The molecule has 1 atom stereocenters. The summed E-state index contributed by atoms with van der Waals surface area (Å²) >= 11 is 0. The molecular weight excluding hydrogens is 615 g/mol. The van der Waals surface area contributed by atoms with Crippen LogP contribution in [0.2, 0.25) is 0 Å². The largest absolute Gasteiger partial charge is 0.457 e. The number of alkyl carbamates (subject to hydrolysis) is 1. The van der Waals surface area contributed by atoms with Gasteiger partial charge in [-0.05, 0) is 76.6 Å². The Hall–Kier alpha value is -5.38. The molecule has 10 nitrogen and oxygen atoms in total. The Morgan fingerprint density at radius 3 is 2.36 bits per heavy atom. The fourth-order valence-electron chi connectivity index (χ4n) is 4.83. The lowest BCUT2D eigenvalue weighted by atomic mass is 9.96. The number of rotatable bonds is 7. The van der Waals surface area contributed by atoms with Gasteiger partial charge in [-0.15, -0.1) is 10.2 Å². The molecule has 0 aliphatic carbocycles. The highest BCUT2D eigenvalue weighted by molar-refractivity contribution is 6.00. The molecule has 2 heterocycles. The number of nitrogens with zero attached hydrogens (tertiary/aromatic N) is 4. The van der Waals surface area contributed by atoms with Gasteiger partial charge in [0.2, 0.25) is 11.8 Å². The van der Waals surface area contributed by atoms with Gasteiger partial charge in [-0.1, -0.05) is 30.3 Å². The van der Waals surface area contributed by atoms with Crippen molar-refractivity contribution in [2.75, 3.05) is 4.90 Å². The van der Waals surface area contributed by atoms with E-state index in [1.165, 1.54) is 13.8 Å². The number of amides is 2. The summed E-state index contributed by atoms with van der Waals surface area (Å²) in [5.41, 5.74) is -3.11. The fraction of sp³-hybridized carbons (Fsp3) is 0.324. The zero-order valence-electron chi connectivity index (χ0n) is 26.3. The van der Waals surface area contributed by atoms with Crippen LogP contribution in [0.15, 0.2) is 71.1 Å². The smallest absolute Gasteiger partial charge is 0.408 e. The molecule has 0 saturated carbocycles. The molecule has 2 amide bonds. The Labute approximate surface area is 269 Å². The van der Waals surface area contributed by atoms with E-state index in [1.807, 2.05) is 24.3 Å². The number of anilines is 1. The maximum atomic E-state index is 15.9. The third-order valence-electron chi connectivity index (χ3n) is 7.20. The summed E-state index contributed by atoms with van der Waals surface area (Å²) in [4.78, 5) is 27.7. The maximum Gasteiger partial charge on any atom is 0.408 e. The zero-order valence-corrected chi connectivity index (χ0v) is 26.3. The molecule has 47 heavy (non-hydrogen) atoms. The van der Waals surface area contributed by atoms with E-state index in [0.717, 1.165) is 11.0 Å². The average Bonchev–Trinajstić information content (AvgIpc) is 3.49. The Morgan fingerprint density at radius 2 is 1.72 bits per heavy atom. The highest BCUT2D eigenvalue weighted by Crippen LogP contribution is 2.45. The zero-order chi connectivity index (χ0) is 34.1. The van der Waals surface area contributed by atoms with Crippen LogP contribution in [-0.2, 0) is 27.4 Å². The molecule has 1 aromatic heterocycles. The van der Waals surface area contributed by atoms with Crippen molar-refractivity contribution in [1.82, 2.24) is 15.5 Å². The second kappa shape index (κ2) is 12.4. The number of hydrogen-bond donors (Lipinski definition) is 1. The summed E-state index contributed by atoms with van der Waals surface area (Å²) in [5.74, 6) is -5.14. The number of para-hydroxylation sites is 1. The molecule has 0 fully saturated rings. The van der Waals surface area contributed by atoms with E-state index in [0.29, 0.717) is 23.1 Å². The van der Waals surface area contributed by atoms with Crippen LogP contribution in [0.5, 0.6) is 11.5 Å². The van der Waals surface area contributed by atoms with Crippen LogP contribution in [-0.4, -0.2) is 33.8 Å². The summed E-state index contributed by atoms with van der Waals surface area (Å²) in [6.45, 7) is 7.58. The molecule has 4 aromatic rings. The number of fused-ring (bicyclic) bond motifs is 1. The minimum Gasteiger partial charge on any atom is -0.457 e. The summed E-state index contributed by atoms with van der Waals surface area (Å²) in [7, 11) is 0. The minimum absolute atomic E-state index is 0.109. The average molecular weight is 648 g/mol. The molecule has 3 aromatic carbocycles. The number of carbonyl (C=O) groups excluding carboxylic acids is 2. The van der Waals surface area contributed by atoms with Crippen LogP contribution in [0, 0.1) is 17.1 Å². The van der Waals surface area contributed by atoms with Crippen molar-refractivity contribution in [1.29, 1.82) is 5.26 Å². The lowest BCUT2D eigenvalue weighted by molar-refractivity contribution is -0.123. The predicted molar refractivity (Wildman–Crippen MR) is 164 cm³/mol. The van der Waals surface area contributed by atoms with Gasteiger partial charge in [0.15, 0.2) is 0 Å². The minimum atomic E-state index is -3.77. The molecule has 5 rings (SSSR count). The van der Waals surface area contributed by atoms with Gasteiger partial charge in [0.05, 0.1) is 23.9 Å². The number of nitrogens with one attached hydrogen (secondary N) is 1. The van der Waals surface area contributed by atoms with Crippen LogP contribution in [0.3, 0.4) is 0 Å². The standard InChI is InChI=1S/C34H32F3N5O5/c1-32(2,3)47-31(44)39-26-17-34(36,37)24-16-25(35)23(28-40-41-30(46-28)33(4,5)19-38)15-27(24)42(29(26)43)18-20-11-13-22(14-12-20)45-21-9-7-6-8-10-21/h6-16,26H,17-18H2,1-5H3,(H,39,44). The molecule has 0 spiro atoms. The van der Waals surface area contributed by atoms with Gasteiger partial charge < -0.3 is 24.1 Å². The van der Waals surface area contributed by atoms with Crippen LogP contribution in [0.1, 0.15) is 58.1 Å². The van der Waals surface area contributed by atoms with Crippen LogP contribution >= 0.6 is 0 Å². The number of benzene rings is 3. The molecule has 13 heteroatoms. The second-order valence-electron chi connectivity index (χ2n) is 12.6. The Bertz CT molecular complexity index is 1830. The van der Waals surface area contributed by atoms with Crippen molar-refractivity contribution >= 4 is 17.7 Å². The molecule has 1 N–H and O–H groups in total. The van der Waals surface area contributed by atoms with Gasteiger partial charge in [-0.25, -0.2) is 18.0 Å². The monoisotopic (exact) mass is 647 g/mol. The number of hydrogen-bond acceptors (Lipinski definition) is 8. The number of alkyl halides is 2. The third kappa shape index (κ3) is 7.38.